The molecular weight excluding hydrogens is 562 g/mol. The minimum atomic E-state index is -3.84. The largest absolute Gasteiger partial charge is 0.367 e. The lowest BCUT2D eigenvalue weighted by molar-refractivity contribution is 0.0403. The number of hydrogen-bond donors (Lipinski definition) is 2. The van der Waals surface area contributed by atoms with Gasteiger partial charge in [0.2, 0.25) is 10.0 Å². The first-order valence-corrected chi connectivity index (χ1v) is 15.2. The molecule has 1 aromatic heterocycles. The number of primary sulfonamides is 1. The standard InChI is InChI=1S/C33H31N5O4S/c34-43(40,41)30-20-18-28(19-21-30)33(39)35-23-29-24-38(37-36-29)31(26-14-6-2-7-15-26)32(27-16-8-3-9-17-27)42-22-10-13-25-11-4-1-5-12-25/h1-21,24,31-32H,22-23H2,(H,35,39)(H2,34,40,41)/b13-10+/t31-,32-/m0/s1. The van der Waals surface area contributed by atoms with Crippen LogP contribution in [0.15, 0.2) is 132 Å². The second-order valence-electron chi connectivity index (χ2n) is 9.78. The number of ether oxygens (including phenoxy) is 1. The van der Waals surface area contributed by atoms with E-state index in [0.29, 0.717) is 17.9 Å². The second-order valence-corrected chi connectivity index (χ2v) is 11.3. The Hall–Kier alpha value is -4.90. The molecule has 218 valence electrons. The molecule has 1 heterocycles. The molecule has 0 bridgehead atoms. The Morgan fingerprint density at radius 1 is 0.860 bits per heavy atom. The minimum absolute atomic E-state index is 0.0651. The topological polar surface area (TPSA) is 129 Å². The van der Waals surface area contributed by atoms with Gasteiger partial charge in [-0.2, -0.15) is 0 Å². The minimum Gasteiger partial charge on any atom is -0.367 e. The van der Waals surface area contributed by atoms with Crippen LogP contribution in [0.3, 0.4) is 0 Å². The van der Waals surface area contributed by atoms with E-state index in [-0.39, 0.29) is 23.4 Å². The average Bonchev–Trinajstić information content (AvgIpc) is 3.51. The zero-order chi connectivity index (χ0) is 30.1. The molecule has 43 heavy (non-hydrogen) atoms. The highest BCUT2D eigenvalue weighted by Crippen LogP contribution is 2.35. The highest BCUT2D eigenvalue weighted by molar-refractivity contribution is 7.89. The molecule has 0 saturated heterocycles. The van der Waals surface area contributed by atoms with Crippen LogP contribution in [0.25, 0.3) is 6.08 Å². The van der Waals surface area contributed by atoms with Crippen LogP contribution in [0.4, 0.5) is 0 Å². The highest BCUT2D eigenvalue weighted by Gasteiger charge is 2.28. The van der Waals surface area contributed by atoms with Crippen LogP contribution in [0, 0.1) is 0 Å². The first-order chi connectivity index (χ1) is 20.9. The number of carbonyl (C=O) groups excluding carboxylic acids is 1. The van der Waals surface area contributed by atoms with Gasteiger partial charge < -0.3 is 10.1 Å². The summed E-state index contributed by atoms with van der Waals surface area (Å²) < 4.78 is 31.3. The van der Waals surface area contributed by atoms with Crippen LogP contribution in [-0.4, -0.2) is 35.9 Å². The van der Waals surface area contributed by atoms with E-state index >= 15 is 0 Å². The molecule has 10 heteroatoms. The zero-order valence-electron chi connectivity index (χ0n) is 23.2. The van der Waals surface area contributed by atoms with Gasteiger partial charge in [-0.25, -0.2) is 18.2 Å². The number of sulfonamides is 1. The third-order valence-electron chi connectivity index (χ3n) is 6.76. The molecule has 4 aromatic carbocycles. The fourth-order valence-corrected chi connectivity index (χ4v) is 5.15. The summed E-state index contributed by atoms with van der Waals surface area (Å²) in [5, 5.41) is 16.7. The first-order valence-electron chi connectivity index (χ1n) is 13.6. The number of rotatable bonds is 12. The second kappa shape index (κ2) is 13.8. The number of amides is 1. The molecule has 9 nitrogen and oxygen atoms in total. The van der Waals surface area contributed by atoms with Crippen LogP contribution in [0.5, 0.6) is 0 Å². The van der Waals surface area contributed by atoms with Gasteiger partial charge in [-0.3, -0.25) is 4.79 Å². The van der Waals surface area contributed by atoms with E-state index in [9.17, 15) is 13.2 Å². The fraction of sp³-hybridized carbons (Fsp3) is 0.121. The maximum absolute atomic E-state index is 12.7. The maximum atomic E-state index is 12.7. The molecular formula is C33H31N5O4S. The summed E-state index contributed by atoms with van der Waals surface area (Å²) in [6, 6.07) is 35.0. The van der Waals surface area contributed by atoms with E-state index in [4.69, 9.17) is 9.88 Å². The van der Waals surface area contributed by atoms with Crippen molar-refractivity contribution in [3.63, 3.8) is 0 Å². The number of nitrogens with two attached hydrogens (primary N) is 1. The molecule has 0 aliphatic heterocycles. The number of aromatic nitrogens is 3. The van der Waals surface area contributed by atoms with E-state index in [1.807, 2.05) is 103 Å². The highest BCUT2D eigenvalue weighted by atomic mass is 32.2. The normalized spacial score (nSPS) is 13.0. The molecule has 5 rings (SSSR count). The van der Waals surface area contributed by atoms with Crippen LogP contribution < -0.4 is 10.5 Å². The van der Waals surface area contributed by atoms with Gasteiger partial charge in [0, 0.05) is 5.56 Å². The maximum Gasteiger partial charge on any atom is 0.251 e. The van der Waals surface area contributed by atoms with Gasteiger partial charge >= 0.3 is 0 Å². The van der Waals surface area contributed by atoms with E-state index in [1.54, 1.807) is 10.9 Å². The SMILES string of the molecule is NS(=O)(=O)c1ccc(C(=O)NCc2cn([C@@H](c3ccccc3)[C@@H](OC/C=C/c3ccccc3)c3ccccc3)nn2)cc1. The van der Waals surface area contributed by atoms with Crippen molar-refractivity contribution in [1.82, 2.24) is 20.3 Å². The lowest BCUT2D eigenvalue weighted by atomic mass is 9.95. The van der Waals surface area contributed by atoms with Crippen LogP contribution in [-0.2, 0) is 21.3 Å². The predicted octanol–water partition coefficient (Wildman–Crippen LogP) is 4.92. The Morgan fingerprint density at radius 3 is 2.09 bits per heavy atom. The Labute approximate surface area is 250 Å². The Morgan fingerprint density at radius 2 is 1.47 bits per heavy atom. The summed E-state index contributed by atoms with van der Waals surface area (Å²) in [5.41, 5.74) is 3.90. The molecule has 0 fully saturated rings. The third kappa shape index (κ3) is 7.89. The monoisotopic (exact) mass is 593 g/mol. The number of nitrogens with zero attached hydrogens (tertiary/aromatic N) is 3. The predicted molar refractivity (Wildman–Crippen MR) is 164 cm³/mol. The van der Waals surface area contributed by atoms with Crippen molar-refractivity contribution in [2.75, 3.05) is 6.61 Å². The molecule has 0 aliphatic rings. The number of carbonyl (C=O) groups is 1. The third-order valence-corrected chi connectivity index (χ3v) is 7.68. The van der Waals surface area contributed by atoms with Crippen molar-refractivity contribution >= 4 is 22.0 Å². The van der Waals surface area contributed by atoms with Crippen molar-refractivity contribution in [3.05, 3.63) is 155 Å². The van der Waals surface area contributed by atoms with Gasteiger partial charge in [0.05, 0.1) is 24.2 Å². The molecule has 0 aliphatic carbocycles. The molecule has 0 radical (unpaired) electrons. The molecule has 0 unspecified atom stereocenters. The smallest absolute Gasteiger partial charge is 0.251 e. The Balaban J connectivity index is 1.36. The van der Waals surface area contributed by atoms with Gasteiger partial charge in [0.25, 0.3) is 5.91 Å². The molecule has 3 N–H and O–H groups in total. The van der Waals surface area contributed by atoms with Crippen LogP contribution >= 0.6 is 0 Å². The lowest BCUT2D eigenvalue weighted by Crippen LogP contribution is -2.23. The van der Waals surface area contributed by atoms with E-state index in [0.717, 1.165) is 16.7 Å². The molecule has 0 saturated carbocycles. The lowest BCUT2D eigenvalue weighted by Gasteiger charge is -2.28. The van der Waals surface area contributed by atoms with Crippen molar-refractivity contribution in [1.29, 1.82) is 0 Å². The van der Waals surface area contributed by atoms with E-state index in [2.05, 4.69) is 15.6 Å². The zero-order valence-corrected chi connectivity index (χ0v) is 24.0. The Kier molecular flexibility index (Phi) is 9.52. The van der Waals surface area contributed by atoms with Gasteiger partial charge in [-0.05, 0) is 41.0 Å². The summed E-state index contributed by atoms with van der Waals surface area (Å²) in [4.78, 5) is 12.6. The summed E-state index contributed by atoms with van der Waals surface area (Å²) in [6.07, 6.45) is 5.41. The van der Waals surface area contributed by atoms with Gasteiger partial charge in [-0.15, -0.1) is 5.10 Å². The summed E-state index contributed by atoms with van der Waals surface area (Å²) in [5.74, 6) is -0.383. The van der Waals surface area contributed by atoms with Gasteiger partial charge in [0.15, 0.2) is 0 Å². The molecule has 5 aromatic rings. The molecule has 1 amide bonds. The summed E-state index contributed by atoms with van der Waals surface area (Å²) >= 11 is 0. The number of benzene rings is 4. The van der Waals surface area contributed by atoms with Crippen LogP contribution in [0.2, 0.25) is 0 Å². The van der Waals surface area contributed by atoms with E-state index < -0.39 is 16.1 Å². The van der Waals surface area contributed by atoms with Crippen molar-refractivity contribution in [2.24, 2.45) is 5.14 Å². The van der Waals surface area contributed by atoms with Gasteiger partial charge in [-0.1, -0.05) is 108 Å². The average molecular weight is 594 g/mol. The van der Waals surface area contributed by atoms with Crippen LogP contribution in [0.1, 0.15) is 44.9 Å². The van der Waals surface area contributed by atoms with Gasteiger partial charge in [0.1, 0.15) is 17.8 Å². The number of hydrogen-bond acceptors (Lipinski definition) is 6. The summed E-state index contributed by atoms with van der Waals surface area (Å²) in [7, 11) is -3.84. The fourth-order valence-electron chi connectivity index (χ4n) is 4.64. The van der Waals surface area contributed by atoms with Crippen molar-refractivity contribution in [3.8, 4) is 0 Å². The quantitative estimate of drug-likeness (QED) is 0.211. The number of nitrogens with one attached hydrogen (secondary N) is 1. The van der Waals surface area contributed by atoms with E-state index in [1.165, 1.54) is 24.3 Å². The molecule has 2 atom stereocenters. The first kappa shape index (κ1) is 29.6. The van der Waals surface area contributed by atoms with Crippen molar-refractivity contribution in [2.45, 2.75) is 23.6 Å². The Bertz CT molecular complexity index is 1760. The summed E-state index contributed by atoms with van der Waals surface area (Å²) in [6.45, 7) is 0.494. The molecule has 0 spiro atoms. The van der Waals surface area contributed by atoms with Crippen molar-refractivity contribution < 1.29 is 17.9 Å².